The highest BCUT2D eigenvalue weighted by Gasteiger charge is 2.11. The molecule has 1 aromatic rings. The van der Waals surface area contributed by atoms with Crippen molar-refractivity contribution in [3.8, 4) is 5.75 Å². The van der Waals surface area contributed by atoms with E-state index in [0.717, 1.165) is 5.56 Å². The molecule has 0 aliphatic heterocycles. The zero-order valence-electron chi connectivity index (χ0n) is 8.11. The average Bonchev–Trinajstić information content (AvgIpc) is 2.11. The first-order valence-electron chi connectivity index (χ1n) is 4.29. The van der Waals surface area contributed by atoms with E-state index in [-0.39, 0.29) is 5.75 Å². The number of hydrogen-bond donors (Lipinski definition) is 3. The summed E-state index contributed by atoms with van der Waals surface area (Å²) in [6.45, 7) is 3.39. The third kappa shape index (κ3) is 2.39. The molecule has 0 aliphatic carbocycles. The molecule has 4 heteroatoms. The van der Waals surface area contributed by atoms with Gasteiger partial charge < -0.3 is 15.5 Å². The zero-order chi connectivity index (χ0) is 10.7. The van der Waals surface area contributed by atoms with E-state index in [1.165, 1.54) is 13.0 Å². The summed E-state index contributed by atoms with van der Waals surface area (Å²) in [5.74, 6) is -0.894. The molecule has 0 amide bonds. The molecule has 0 fully saturated rings. The molecule has 1 atom stereocenters. The van der Waals surface area contributed by atoms with Crippen molar-refractivity contribution in [1.29, 1.82) is 0 Å². The van der Waals surface area contributed by atoms with Crippen LogP contribution in [0.15, 0.2) is 18.2 Å². The molecule has 76 valence electrons. The van der Waals surface area contributed by atoms with Crippen LogP contribution in [0.3, 0.4) is 0 Å². The highest BCUT2D eigenvalue weighted by molar-refractivity contribution is 5.77. The van der Waals surface area contributed by atoms with Gasteiger partial charge in [0.1, 0.15) is 11.8 Å². The highest BCUT2D eigenvalue weighted by atomic mass is 16.4. The third-order valence-corrected chi connectivity index (χ3v) is 1.89. The van der Waals surface area contributed by atoms with Crippen LogP contribution in [0.1, 0.15) is 12.5 Å². The average molecular weight is 195 g/mol. The molecule has 1 rings (SSSR count). The van der Waals surface area contributed by atoms with Gasteiger partial charge in [0.05, 0.1) is 5.69 Å². The first-order chi connectivity index (χ1) is 6.50. The van der Waals surface area contributed by atoms with Gasteiger partial charge in [-0.1, -0.05) is 6.07 Å². The van der Waals surface area contributed by atoms with Gasteiger partial charge in [0.25, 0.3) is 0 Å². The standard InChI is InChI=1S/C10H13NO3/c1-6-3-4-9(12)8(5-6)11-7(2)10(13)14/h3-5,7,11-12H,1-2H3,(H,13,14). The normalized spacial score (nSPS) is 12.1. The number of aryl methyl sites for hydroxylation is 1. The van der Waals surface area contributed by atoms with Crippen LogP contribution in [-0.4, -0.2) is 22.2 Å². The number of anilines is 1. The van der Waals surface area contributed by atoms with Gasteiger partial charge in [-0.3, -0.25) is 4.79 Å². The van der Waals surface area contributed by atoms with Crippen LogP contribution in [0.5, 0.6) is 5.75 Å². The monoisotopic (exact) mass is 195 g/mol. The Balaban J connectivity index is 2.85. The maximum Gasteiger partial charge on any atom is 0.325 e. The molecule has 0 saturated carbocycles. The first-order valence-corrected chi connectivity index (χ1v) is 4.29. The molecule has 3 N–H and O–H groups in total. The Morgan fingerprint density at radius 3 is 2.71 bits per heavy atom. The maximum atomic E-state index is 10.6. The molecule has 0 heterocycles. The van der Waals surface area contributed by atoms with Gasteiger partial charge in [-0.05, 0) is 31.5 Å². The number of benzene rings is 1. The molecule has 0 aromatic heterocycles. The summed E-state index contributed by atoms with van der Waals surface area (Å²) in [6.07, 6.45) is 0. The first kappa shape index (κ1) is 10.4. The minimum atomic E-state index is -0.953. The van der Waals surface area contributed by atoms with Crippen molar-refractivity contribution in [2.75, 3.05) is 5.32 Å². The van der Waals surface area contributed by atoms with Gasteiger partial charge in [-0.2, -0.15) is 0 Å². The second-order valence-electron chi connectivity index (χ2n) is 3.22. The fourth-order valence-electron chi connectivity index (χ4n) is 1.06. The smallest absolute Gasteiger partial charge is 0.325 e. The van der Waals surface area contributed by atoms with Crippen molar-refractivity contribution in [3.05, 3.63) is 23.8 Å². The number of carboxylic acids is 1. The molecule has 0 aliphatic rings. The number of phenols is 1. The molecule has 4 nitrogen and oxygen atoms in total. The lowest BCUT2D eigenvalue weighted by atomic mass is 10.2. The summed E-state index contributed by atoms with van der Waals surface area (Å²) in [7, 11) is 0. The Hall–Kier alpha value is -1.71. The van der Waals surface area contributed by atoms with Crippen molar-refractivity contribution in [3.63, 3.8) is 0 Å². The van der Waals surface area contributed by atoms with Crippen molar-refractivity contribution in [2.45, 2.75) is 19.9 Å². The van der Waals surface area contributed by atoms with Gasteiger partial charge in [0.15, 0.2) is 0 Å². The van der Waals surface area contributed by atoms with Crippen LogP contribution in [0, 0.1) is 6.92 Å². The van der Waals surface area contributed by atoms with Crippen molar-refractivity contribution in [1.82, 2.24) is 0 Å². The van der Waals surface area contributed by atoms with Crippen LogP contribution in [0.2, 0.25) is 0 Å². The molecular weight excluding hydrogens is 182 g/mol. The minimum absolute atomic E-state index is 0.0590. The molecule has 0 saturated heterocycles. The maximum absolute atomic E-state index is 10.6. The Kier molecular flexibility index (Phi) is 2.96. The van der Waals surface area contributed by atoms with E-state index in [4.69, 9.17) is 5.11 Å². The predicted molar refractivity (Wildman–Crippen MR) is 53.6 cm³/mol. The number of aliphatic carboxylic acids is 1. The van der Waals surface area contributed by atoms with Gasteiger partial charge in [0.2, 0.25) is 0 Å². The predicted octanol–water partition coefficient (Wildman–Crippen LogP) is 1.59. The van der Waals surface area contributed by atoms with Crippen molar-refractivity contribution < 1.29 is 15.0 Å². The lowest BCUT2D eigenvalue weighted by Crippen LogP contribution is -2.25. The van der Waals surface area contributed by atoms with E-state index in [1.54, 1.807) is 12.1 Å². The Morgan fingerprint density at radius 2 is 2.14 bits per heavy atom. The van der Waals surface area contributed by atoms with Crippen LogP contribution in [-0.2, 0) is 4.79 Å². The minimum Gasteiger partial charge on any atom is -0.506 e. The Morgan fingerprint density at radius 1 is 1.50 bits per heavy atom. The number of carboxylic acid groups (broad SMARTS) is 1. The van der Waals surface area contributed by atoms with Crippen LogP contribution < -0.4 is 5.32 Å². The Labute approximate surface area is 82.2 Å². The summed E-state index contributed by atoms with van der Waals surface area (Å²) in [5.41, 5.74) is 1.41. The number of rotatable bonds is 3. The van der Waals surface area contributed by atoms with E-state index >= 15 is 0 Å². The number of phenolic OH excluding ortho intramolecular Hbond substituents is 1. The molecule has 14 heavy (non-hydrogen) atoms. The van der Waals surface area contributed by atoms with Crippen LogP contribution in [0.4, 0.5) is 5.69 Å². The van der Waals surface area contributed by atoms with Crippen LogP contribution in [0.25, 0.3) is 0 Å². The fraction of sp³-hybridized carbons (Fsp3) is 0.300. The summed E-state index contributed by atoms with van der Waals surface area (Å²) in [5, 5.41) is 20.8. The van der Waals surface area contributed by atoms with E-state index in [0.29, 0.717) is 5.69 Å². The summed E-state index contributed by atoms with van der Waals surface area (Å²) in [6, 6.07) is 4.27. The van der Waals surface area contributed by atoms with Crippen LogP contribution >= 0.6 is 0 Å². The zero-order valence-corrected chi connectivity index (χ0v) is 8.11. The molecule has 0 bridgehead atoms. The van der Waals surface area contributed by atoms with E-state index in [2.05, 4.69) is 5.32 Å². The molecule has 0 radical (unpaired) electrons. The number of aromatic hydroxyl groups is 1. The molecule has 1 aromatic carbocycles. The van der Waals surface area contributed by atoms with Gasteiger partial charge in [-0.25, -0.2) is 0 Å². The number of carbonyl (C=O) groups is 1. The van der Waals surface area contributed by atoms with E-state index in [1.807, 2.05) is 6.92 Å². The second kappa shape index (κ2) is 4.00. The lowest BCUT2D eigenvalue weighted by molar-refractivity contribution is -0.137. The summed E-state index contributed by atoms with van der Waals surface area (Å²) >= 11 is 0. The lowest BCUT2D eigenvalue weighted by Gasteiger charge is -2.12. The third-order valence-electron chi connectivity index (χ3n) is 1.89. The van der Waals surface area contributed by atoms with E-state index < -0.39 is 12.0 Å². The highest BCUT2D eigenvalue weighted by Crippen LogP contribution is 2.24. The number of nitrogens with one attached hydrogen (secondary N) is 1. The Bertz CT molecular complexity index is 349. The summed E-state index contributed by atoms with van der Waals surface area (Å²) < 4.78 is 0. The molecule has 0 spiro atoms. The SMILES string of the molecule is Cc1ccc(O)c(NC(C)C(=O)O)c1. The van der Waals surface area contributed by atoms with Gasteiger partial charge in [0, 0.05) is 0 Å². The molecular formula is C10H13NO3. The fourth-order valence-corrected chi connectivity index (χ4v) is 1.06. The van der Waals surface area contributed by atoms with Crippen molar-refractivity contribution >= 4 is 11.7 Å². The van der Waals surface area contributed by atoms with Gasteiger partial charge >= 0.3 is 5.97 Å². The molecule has 1 unspecified atom stereocenters. The topological polar surface area (TPSA) is 69.6 Å². The largest absolute Gasteiger partial charge is 0.506 e. The number of hydrogen-bond acceptors (Lipinski definition) is 3. The summed E-state index contributed by atoms with van der Waals surface area (Å²) in [4.78, 5) is 10.6. The van der Waals surface area contributed by atoms with Gasteiger partial charge in [-0.15, -0.1) is 0 Å². The van der Waals surface area contributed by atoms with Crippen molar-refractivity contribution in [2.24, 2.45) is 0 Å². The second-order valence-corrected chi connectivity index (χ2v) is 3.22. The quantitative estimate of drug-likeness (QED) is 0.640. The van der Waals surface area contributed by atoms with E-state index in [9.17, 15) is 9.90 Å².